The summed E-state index contributed by atoms with van der Waals surface area (Å²) in [5, 5.41) is 14.2. The Hall–Kier alpha value is -1.69. The lowest BCUT2D eigenvalue weighted by Crippen LogP contribution is -2.38. The van der Waals surface area contributed by atoms with Crippen LogP contribution in [-0.2, 0) is 0 Å². The van der Waals surface area contributed by atoms with Crippen molar-refractivity contribution in [2.75, 3.05) is 18.0 Å². The molecule has 0 unspecified atom stereocenters. The van der Waals surface area contributed by atoms with Crippen molar-refractivity contribution in [2.45, 2.75) is 37.8 Å². The summed E-state index contributed by atoms with van der Waals surface area (Å²) >= 11 is 3.68. The highest BCUT2D eigenvalue weighted by molar-refractivity contribution is 9.10. The number of carbonyl (C=O) groups excluding carboxylic acids is 1. The minimum absolute atomic E-state index is 0.0251. The summed E-state index contributed by atoms with van der Waals surface area (Å²) in [6.45, 7) is 3.61. The Labute approximate surface area is 162 Å². The summed E-state index contributed by atoms with van der Waals surface area (Å²) in [6.07, 6.45) is 1.24. The van der Waals surface area contributed by atoms with Crippen LogP contribution in [0.15, 0.2) is 46.9 Å². The van der Waals surface area contributed by atoms with Crippen molar-refractivity contribution in [2.24, 2.45) is 0 Å². The zero-order valence-electron chi connectivity index (χ0n) is 14.8. The van der Waals surface area contributed by atoms with E-state index >= 15 is 0 Å². The van der Waals surface area contributed by atoms with Gasteiger partial charge >= 0.3 is 0 Å². The second-order valence-corrected chi connectivity index (χ2v) is 7.96. The predicted octanol–water partition coefficient (Wildman–Crippen LogP) is 4.00. The van der Waals surface area contributed by atoms with Crippen molar-refractivity contribution in [1.82, 2.24) is 5.32 Å². The molecule has 0 aromatic heterocycles. The molecule has 1 aliphatic heterocycles. The average molecular weight is 415 g/mol. The maximum atomic E-state index is 13.1. The first kappa shape index (κ1) is 17.7. The van der Waals surface area contributed by atoms with Crippen LogP contribution >= 0.6 is 15.9 Å². The molecule has 1 aliphatic carbocycles. The van der Waals surface area contributed by atoms with Crippen molar-refractivity contribution in [3.8, 4) is 0 Å². The fourth-order valence-electron chi connectivity index (χ4n) is 4.27. The molecule has 0 bridgehead atoms. The van der Waals surface area contributed by atoms with E-state index in [1.165, 1.54) is 5.56 Å². The largest absolute Gasteiger partial charge is 0.391 e. The molecule has 1 heterocycles. The summed E-state index contributed by atoms with van der Waals surface area (Å²) < 4.78 is 1.00. The van der Waals surface area contributed by atoms with E-state index in [0.717, 1.165) is 28.7 Å². The minimum Gasteiger partial charge on any atom is -0.391 e. The minimum atomic E-state index is -0.447. The number of hydrogen-bond donors (Lipinski definition) is 2. The Bertz CT molecular complexity index is 824. The molecule has 0 fully saturated rings. The van der Waals surface area contributed by atoms with Crippen LogP contribution in [0.3, 0.4) is 0 Å². The second-order valence-electron chi connectivity index (χ2n) is 7.11. The molecule has 0 spiro atoms. The number of amides is 1. The molecule has 136 valence electrons. The maximum absolute atomic E-state index is 13.1. The standard InChI is InChI=1S/C21H23BrN2O2/c1-2-10-23-20-17(25)11-14-12-24(21(26)13-6-4-3-5-7-13)16-9-8-15(22)19(20)18(14)16/h3-9,14,17,20,23,25H,2,10-12H2,1H3/t14-,17+,20-/m1/s1. The van der Waals surface area contributed by atoms with E-state index < -0.39 is 6.10 Å². The highest BCUT2D eigenvalue weighted by Gasteiger charge is 2.43. The van der Waals surface area contributed by atoms with E-state index in [1.54, 1.807) is 0 Å². The van der Waals surface area contributed by atoms with Gasteiger partial charge in [0.25, 0.3) is 5.91 Å². The number of rotatable bonds is 4. The highest BCUT2D eigenvalue weighted by atomic mass is 79.9. The number of aliphatic hydroxyl groups is 1. The van der Waals surface area contributed by atoms with Crippen molar-refractivity contribution < 1.29 is 9.90 Å². The number of nitrogens with one attached hydrogen (secondary N) is 1. The average Bonchev–Trinajstić information content (AvgIpc) is 3.02. The quantitative estimate of drug-likeness (QED) is 0.794. The van der Waals surface area contributed by atoms with Crippen LogP contribution in [0.2, 0.25) is 0 Å². The number of hydrogen-bond acceptors (Lipinski definition) is 3. The van der Waals surface area contributed by atoms with Crippen molar-refractivity contribution in [3.05, 3.63) is 63.6 Å². The van der Waals surface area contributed by atoms with E-state index in [0.29, 0.717) is 18.5 Å². The number of aliphatic hydroxyl groups excluding tert-OH is 1. The molecule has 3 atom stereocenters. The molecular weight excluding hydrogens is 392 g/mol. The second kappa shape index (κ2) is 7.14. The van der Waals surface area contributed by atoms with Gasteiger partial charge in [-0.05, 0) is 54.8 Å². The van der Waals surface area contributed by atoms with Gasteiger partial charge in [-0.2, -0.15) is 0 Å². The third kappa shape index (κ3) is 2.88. The summed E-state index contributed by atoms with van der Waals surface area (Å²) in [4.78, 5) is 14.9. The lowest BCUT2D eigenvalue weighted by molar-refractivity contribution is 0.0960. The zero-order chi connectivity index (χ0) is 18.3. The van der Waals surface area contributed by atoms with Crippen LogP contribution in [0.5, 0.6) is 0 Å². The molecule has 0 saturated heterocycles. The molecule has 1 amide bonds. The predicted molar refractivity (Wildman–Crippen MR) is 107 cm³/mol. The topological polar surface area (TPSA) is 52.6 Å². The van der Waals surface area contributed by atoms with Crippen molar-refractivity contribution in [1.29, 1.82) is 0 Å². The Morgan fingerprint density at radius 2 is 2.00 bits per heavy atom. The van der Waals surface area contributed by atoms with Crippen molar-refractivity contribution >= 4 is 27.5 Å². The normalized spacial score (nSPS) is 23.8. The first-order chi connectivity index (χ1) is 12.6. The Morgan fingerprint density at radius 1 is 1.23 bits per heavy atom. The van der Waals surface area contributed by atoms with Gasteiger partial charge in [0.1, 0.15) is 0 Å². The molecule has 0 radical (unpaired) electrons. The van der Waals surface area contributed by atoms with Gasteiger partial charge in [0.15, 0.2) is 0 Å². The van der Waals surface area contributed by atoms with Crippen LogP contribution in [0.1, 0.15) is 53.2 Å². The van der Waals surface area contributed by atoms with Crippen molar-refractivity contribution in [3.63, 3.8) is 0 Å². The molecule has 4 nitrogen and oxygen atoms in total. The van der Waals surface area contributed by atoms with Crippen LogP contribution in [0.4, 0.5) is 5.69 Å². The fraction of sp³-hybridized carbons (Fsp3) is 0.381. The Morgan fingerprint density at radius 3 is 2.73 bits per heavy atom. The van der Waals surface area contributed by atoms with E-state index in [9.17, 15) is 9.90 Å². The molecule has 2 aliphatic rings. The number of benzene rings is 2. The molecule has 2 aromatic rings. The van der Waals surface area contributed by atoms with Gasteiger partial charge in [0, 0.05) is 28.2 Å². The van der Waals surface area contributed by atoms with Gasteiger partial charge in [0.2, 0.25) is 0 Å². The summed E-state index contributed by atoms with van der Waals surface area (Å²) in [7, 11) is 0. The molecule has 2 N–H and O–H groups in total. The highest BCUT2D eigenvalue weighted by Crippen LogP contribution is 2.50. The van der Waals surface area contributed by atoms with Crippen LogP contribution < -0.4 is 10.2 Å². The number of carbonyl (C=O) groups is 1. The molecule has 0 saturated carbocycles. The van der Waals surface area contributed by atoms with Gasteiger partial charge in [-0.1, -0.05) is 41.1 Å². The SMILES string of the molecule is CCCN[C@H]1c2c(Br)ccc3c2[C@H](C[C@@H]1O)CN3C(=O)c1ccccc1. The summed E-state index contributed by atoms with van der Waals surface area (Å²) in [6, 6.07) is 13.3. The Balaban J connectivity index is 1.76. The van der Waals surface area contributed by atoms with E-state index in [4.69, 9.17) is 0 Å². The summed E-state index contributed by atoms with van der Waals surface area (Å²) in [5.74, 6) is 0.205. The number of halogens is 1. The van der Waals surface area contributed by atoms with Gasteiger partial charge in [-0.3, -0.25) is 4.79 Å². The maximum Gasteiger partial charge on any atom is 0.258 e. The first-order valence-electron chi connectivity index (χ1n) is 9.22. The number of nitrogens with zero attached hydrogens (tertiary/aromatic N) is 1. The number of anilines is 1. The van der Waals surface area contributed by atoms with Gasteiger partial charge in [-0.25, -0.2) is 0 Å². The third-order valence-corrected chi connectivity index (χ3v) is 6.11. The lowest BCUT2D eigenvalue weighted by Gasteiger charge is -2.34. The van der Waals surface area contributed by atoms with Crippen LogP contribution in [0, 0.1) is 0 Å². The monoisotopic (exact) mass is 414 g/mol. The molecule has 2 aromatic carbocycles. The van der Waals surface area contributed by atoms with Crippen LogP contribution in [0.25, 0.3) is 0 Å². The van der Waals surface area contributed by atoms with E-state index in [2.05, 4.69) is 28.2 Å². The summed E-state index contributed by atoms with van der Waals surface area (Å²) in [5.41, 5.74) is 4.01. The fourth-order valence-corrected chi connectivity index (χ4v) is 4.86. The molecule has 26 heavy (non-hydrogen) atoms. The zero-order valence-corrected chi connectivity index (χ0v) is 16.4. The van der Waals surface area contributed by atoms with Gasteiger partial charge < -0.3 is 15.3 Å². The van der Waals surface area contributed by atoms with E-state index in [1.807, 2.05) is 47.4 Å². The Kier molecular flexibility index (Phi) is 4.86. The molecule has 4 rings (SSSR count). The van der Waals surface area contributed by atoms with E-state index in [-0.39, 0.29) is 17.9 Å². The molecule has 5 heteroatoms. The first-order valence-corrected chi connectivity index (χ1v) is 10.0. The smallest absolute Gasteiger partial charge is 0.258 e. The lowest BCUT2D eigenvalue weighted by atomic mass is 9.79. The van der Waals surface area contributed by atoms with Gasteiger partial charge in [0.05, 0.1) is 12.1 Å². The molecular formula is C21H23BrN2O2. The van der Waals surface area contributed by atoms with Crippen LogP contribution in [-0.4, -0.2) is 30.2 Å². The third-order valence-electron chi connectivity index (χ3n) is 5.41. The van der Waals surface area contributed by atoms with Gasteiger partial charge in [-0.15, -0.1) is 0 Å².